The van der Waals surface area contributed by atoms with Gasteiger partial charge >= 0.3 is 0 Å². The summed E-state index contributed by atoms with van der Waals surface area (Å²) in [5.41, 5.74) is 3.76. The second-order valence-corrected chi connectivity index (χ2v) is 6.22. The van der Waals surface area contributed by atoms with Crippen molar-refractivity contribution in [1.82, 2.24) is 5.32 Å². The Morgan fingerprint density at radius 3 is 2.48 bits per heavy atom. The normalized spacial score (nSPS) is 22.6. The fraction of sp³-hybridized carbons (Fsp3) is 0.368. The number of nitrogens with one attached hydrogen (secondary N) is 1. The molecule has 2 aromatic rings. The Morgan fingerprint density at radius 1 is 1.10 bits per heavy atom. The SMILES string of the molecule is Cc1ccc(C(C)NC2CC(c3cccc(F)c3)C2)cc1. The van der Waals surface area contributed by atoms with Gasteiger partial charge in [-0.3, -0.25) is 0 Å². The molecule has 1 atom stereocenters. The fourth-order valence-electron chi connectivity index (χ4n) is 3.09. The molecule has 0 heterocycles. The van der Waals surface area contributed by atoms with E-state index in [-0.39, 0.29) is 5.82 Å². The quantitative estimate of drug-likeness (QED) is 0.855. The van der Waals surface area contributed by atoms with Crippen LogP contribution in [-0.2, 0) is 0 Å². The van der Waals surface area contributed by atoms with Crippen LogP contribution in [0.3, 0.4) is 0 Å². The van der Waals surface area contributed by atoms with E-state index in [4.69, 9.17) is 0 Å². The van der Waals surface area contributed by atoms with E-state index in [1.165, 1.54) is 17.2 Å². The number of hydrogen-bond donors (Lipinski definition) is 1. The lowest BCUT2D eigenvalue weighted by molar-refractivity contribution is 0.270. The minimum Gasteiger partial charge on any atom is -0.307 e. The highest BCUT2D eigenvalue weighted by Gasteiger charge is 2.31. The fourth-order valence-corrected chi connectivity index (χ4v) is 3.09. The molecule has 0 aliphatic heterocycles. The van der Waals surface area contributed by atoms with Crippen LogP contribution in [0.15, 0.2) is 48.5 Å². The molecule has 2 heteroatoms. The van der Waals surface area contributed by atoms with Crippen LogP contribution in [-0.4, -0.2) is 6.04 Å². The van der Waals surface area contributed by atoms with Crippen molar-refractivity contribution in [1.29, 1.82) is 0 Å². The van der Waals surface area contributed by atoms with E-state index >= 15 is 0 Å². The standard InChI is InChI=1S/C19H22FN/c1-13-6-8-15(9-7-13)14(2)21-19-11-17(12-19)16-4-3-5-18(20)10-16/h3-10,14,17,19,21H,11-12H2,1-2H3. The van der Waals surface area contributed by atoms with Crippen LogP contribution in [0.4, 0.5) is 4.39 Å². The highest BCUT2D eigenvalue weighted by molar-refractivity contribution is 5.26. The van der Waals surface area contributed by atoms with E-state index in [0.29, 0.717) is 18.0 Å². The van der Waals surface area contributed by atoms with Crippen LogP contribution < -0.4 is 5.32 Å². The van der Waals surface area contributed by atoms with E-state index in [2.05, 4.69) is 43.4 Å². The summed E-state index contributed by atoms with van der Waals surface area (Å²) in [6.45, 7) is 4.32. The molecule has 1 N–H and O–H groups in total. The Labute approximate surface area is 126 Å². The Hall–Kier alpha value is -1.67. The van der Waals surface area contributed by atoms with Gasteiger partial charge < -0.3 is 5.32 Å². The molecule has 1 unspecified atom stereocenters. The lowest BCUT2D eigenvalue weighted by Crippen LogP contribution is -2.41. The first-order valence-corrected chi connectivity index (χ1v) is 7.70. The predicted molar refractivity (Wildman–Crippen MR) is 84.9 cm³/mol. The second kappa shape index (κ2) is 5.98. The molecule has 1 aliphatic rings. The number of rotatable bonds is 4. The van der Waals surface area contributed by atoms with E-state index in [0.717, 1.165) is 18.4 Å². The third-order valence-corrected chi connectivity index (χ3v) is 4.52. The second-order valence-electron chi connectivity index (χ2n) is 6.22. The van der Waals surface area contributed by atoms with Crippen molar-refractivity contribution in [3.8, 4) is 0 Å². The molecule has 1 saturated carbocycles. The molecule has 110 valence electrons. The van der Waals surface area contributed by atoms with Gasteiger partial charge in [0.05, 0.1) is 0 Å². The average Bonchev–Trinajstić information content (AvgIpc) is 2.43. The minimum absolute atomic E-state index is 0.128. The largest absolute Gasteiger partial charge is 0.307 e. The van der Waals surface area contributed by atoms with E-state index < -0.39 is 0 Å². The predicted octanol–water partition coefficient (Wildman–Crippen LogP) is 4.73. The van der Waals surface area contributed by atoms with Gasteiger partial charge in [0.15, 0.2) is 0 Å². The molecule has 0 radical (unpaired) electrons. The van der Waals surface area contributed by atoms with Crippen LogP contribution >= 0.6 is 0 Å². The maximum atomic E-state index is 13.2. The van der Waals surface area contributed by atoms with Crippen molar-refractivity contribution in [2.45, 2.75) is 44.7 Å². The summed E-state index contributed by atoms with van der Waals surface area (Å²) in [4.78, 5) is 0. The van der Waals surface area contributed by atoms with E-state index in [9.17, 15) is 4.39 Å². The van der Waals surface area contributed by atoms with Gasteiger partial charge in [0.2, 0.25) is 0 Å². The van der Waals surface area contributed by atoms with E-state index in [1.54, 1.807) is 12.1 Å². The molecule has 0 amide bonds. The maximum absolute atomic E-state index is 13.2. The number of aryl methyl sites for hydroxylation is 1. The topological polar surface area (TPSA) is 12.0 Å². The Morgan fingerprint density at radius 2 is 1.81 bits per heavy atom. The van der Waals surface area contributed by atoms with Gasteiger partial charge in [-0.1, -0.05) is 42.0 Å². The smallest absolute Gasteiger partial charge is 0.123 e. The summed E-state index contributed by atoms with van der Waals surface area (Å²) in [6, 6.07) is 16.6. The van der Waals surface area contributed by atoms with Gasteiger partial charge in [0, 0.05) is 12.1 Å². The first-order chi connectivity index (χ1) is 10.1. The maximum Gasteiger partial charge on any atom is 0.123 e. The summed E-state index contributed by atoms with van der Waals surface area (Å²) in [5, 5.41) is 3.67. The zero-order chi connectivity index (χ0) is 14.8. The highest BCUT2D eigenvalue weighted by atomic mass is 19.1. The molecule has 0 spiro atoms. The van der Waals surface area contributed by atoms with E-state index in [1.807, 2.05) is 6.07 Å². The average molecular weight is 283 g/mol. The Bertz CT molecular complexity index is 599. The third-order valence-electron chi connectivity index (χ3n) is 4.52. The lowest BCUT2D eigenvalue weighted by Gasteiger charge is -2.38. The van der Waals surface area contributed by atoms with Crippen molar-refractivity contribution < 1.29 is 4.39 Å². The van der Waals surface area contributed by atoms with Gasteiger partial charge in [-0.05, 0) is 55.9 Å². The van der Waals surface area contributed by atoms with Crippen LogP contribution in [0.25, 0.3) is 0 Å². The molecular weight excluding hydrogens is 261 g/mol. The zero-order valence-electron chi connectivity index (χ0n) is 12.6. The minimum atomic E-state index is -0.128. The first kappa shape index (κ1) is 14.3. The molecule has 0 aromatic heterocycles. The lowest BCUT2D eigenvalue weighted by atomic mass is 9.75. The van der Waals surface area contributed by atoms with Crippen molar-refractivity contribution >= 4 is 0 Å². The summed E-state index contributed by atoms with van der Waals surface area (Å²) >= 11 is 0. The summed E-state index contributed by atoms with van der Waals surface area (Å²) in [7, 11) is 0. The zero-order valence-corrected chi connectivity index (χ0v) is 12.6. The molecule has 1 fully saturated rings. The first-order valence-electron chi connectivity index (χ1n) is 7.70. The van der Waals surface area contributed by atoms with Gasteiger partial charge in [0.1, 0.15) is 5.82 Å². The third kappa shape index (κ3) is 3.33. The highest BCUT2D eigenvalue weighted by Crippen LogP contribution is 2.38. The summed E-state index contributed by atoms with van der Waals surface area (Å²) in [5.74, 6) is 0.375. The molecule has 2 aromatic carbocycles. The van der Waals surface area contributed by atoms with Gasteiger partial charge in [-0.2, -0.15) is 0 Å². The monoisotopic (exact) mass is 283 g/mol. The summed E-state index contributed by atoms with van der Waals surface area (Å²) in [6.07, 6.45) is 2.19. The van der Waals surface area contributed by atoms with Crippen molar-refractivity contribution in [3.63, 3.8) is 0 Å². The van der Waals surface area contributed by atoms with Gasteiger partial charge in [-0.25, -0.2) is 4.39 Å². The Balaban J connectivity index is 1.54. The molecule has 1 aliphatic carbocycles. The number of benzene rings is 2. The Kier molecular flexibility index (Phi) is 4.07. The van der Waals surface area contributed by atoms with Crippen LogP contribution in [0, 0.1) is 12.7 Å². The van der Waals surface area contributed by atoms with Crippen LogP contribution in [0.5, 0.6) is 0 Å². The van der Waals surface area contributed by atoms with Gasteiger partial charge in [0.25, 0.3) is 0 Å². The number of hydrogen-bond acceptors (Lipinski definition) is 1. The molecule has 0 bridgehead atoms. The molecule has 0 saturated heterocycles. The van der Waals surface area contributed by atoms with Crippen molar-refractivity contribution in [2.75, 3.05) is 0 Å². The molecule has 1 nitrogen and oxygen atoms in total. The van der Waals surface area contributed by atoms with Crippen LogP contribution in [0.2, 0.25) is 0 Å². The number of halogens is 1. The van der Waals surface area contributed by atoms with Crippen molar-refractivity contribution in [2.24, 2.45) is 0 Å². The van der Waals surface area contributed by atoms with Crippen molar-refractivity contribution in [3.05, 3.63) is 71.0 Å². The molecular formula is C19H22FN. The molecule has 21 heavy (non-hydrogen) atoms. The summed E-state index contributed by atoms with van der Waals surface area (Å²) < 4.78 is 13.2. The molecule has 3 rings (SSSR count). The van der Waals surface area contributed by atoms with Crippen LogP contribution in [0.1, 0.15) is 48.4 Å². The van der Waals surface area contributed by atoms with Gasteiger partial charge in [-0.15, -0.1) is 0 Å².